The third-order valence-corrected chi connectivity index (χ3v) is 4.45. The number of hydrogen-bond acceptors (Lipinski definition) is 3. The van der Waals surface area contributed by atoms with Gasteiger partial charge in [-0.3, -0.25) is 4.79 Å². The predicted octanol–water partition coefficient (Wildman–Crippen LogP) is 3.88. The highest BCUT2D eigenvalue weighted by molar-refractivity contribution is 7.99. The van der Waals surface area contributed by atoms with Crippen LogP contribution in [0.1, 0.15) is 11.5 Å². The Labute approximate surface area is 126 Å². The summed E-state index contributed by atoms with van der Waals surface area (Å²) in [5.41, 5.74) is 7.12. The molecule has 104 valence electrons. The average Bonchev–Trinajstić information content (AvgIpc) is 2.43. The van der Waals surface area contributed by atoms with E-state index >= 15 is 0 Å². The molecular weight excluding hydrogens is 294 g/mol. The number of nitrogen functional groups attached to an aromatic ring is 1. The summed E-state index contributed by atoms with van der Waals surface area (Å²) in [5, 5.41) is 9.94. The fraction of sp³-hybridized carbons (Fsp3) is 0.133. The highest BCUT2D eigenvalue weighted by Crippen LogP contribution is 2.32. The van der Waals surface area contributed by atoms with Gasteiger partial charge in [0.15, 0.2) is 0 Å². The predicted molar refractivity (Wildman–Crippen MR) is 83.4 cm³/mol. The molecule has 0 bridgehead atoms. The summed E-state index contributed by atoms with van der Waals surface area (Å²) < 4.78 is 0. The zero-order chi connectivity index (χ0) is 14.5. The molecule has 20 heavy (non-hydrogen) atoms. The van der Waals surface area contributed by atoms with Crippen molar-refractivity contribution in [1.82, 2.24) is 0 Å². The van der Waals surface area contributed by atoms with Crippen molar-refractivity contribution in [2.45, 2.75) is 10.8 Å². The number of anilines is 1. The smallest absolute Gasteiger partial charge is 0.311 e. The van der Waals surface area contributed by atoms with E-state index < -0.39 is 11.9 Å². The largest absolute Gasteiger partial charge is 0.481 e. The normalized spacial score (nSPS) is 12.1. The highest BCUT2D eigenvalue weighted by atomic mass is 35.5. The van der Waals surface area contributed by atoms with E-state index in [0.717, 1.165) is 10.5 Å². The topological polar surface area (TPSA) is 63.3 Å². The molecule has 0 fully saturated rings. The van der Waals surface area contributed by atoms with E-state index in [2.05, 4.69) is 0 Å². The van der Waals surface area contributed by atoms with Crippen LogP contribution in [0.2, 0.25) is 5.02 Å². The van der Waals surface area contributed by atoms with Gasteiger partial charge in [-0.05, 0) is 23.8 Å². The lowest BCUT2D eigenvalue weighted by Crippen LogP contribution is -2.14. The van der Waals surface area contributed by atoms with Crippen LogP contribution in [0.5, 0.6) is 0 Å². The van der Waals surface area contributed by atoms with Gasteiger partial charge in [-0.15, -0.1) is 11.8 Å². The van der Waals surface area contributed by atoms with Gasteiger partial charge in [-0.25, -0.2) is 0 Å². The van der Waals surface area contributed by atoms with Gasteiger partial charge in [0.25, 0.3) is 0 Å². The first-order chi connectivity index (χ1) is 9.58. The van der Waals surface area contributed by atoms with Gasteiger partial charge in [-0.1, -0.05) is 41.9 Å². The lowest BCUT2D eigenvalue weighted by molar-refractivity contribution is -0.138. The van der Waals surface area contributed by atoms with Crippen LogP contribution in [-0.2, 0) is 4.79 Å². The van der Waals surface area contributed by atoms with Crippen LogP contribution in [0, 0.1) is 0 Å². The minimum atomic E-state index is -0.844. The van der Waals surface area contributed by atoms with Crippen LogP contribution in [0.3, 0.4) is 0 Å². The van der Waals surface area contributed by atoms with Crippen molar-refractivity contribution in [2.75, 3.05) is 11.5 Å². The molecule has 2 aromatic carbocycles. The molecule has 0 radical (unpaired) electrons. The van der Waals surface area contributed by atoms with Gasteiger partial charge >= 0.3 is 5.97 Å². The third kappa shape index (κ3) is 3.68. The maximum atomic E-state index is 11.4. The molecule has 2 aromatic rings. The van der Waals surface area contributed by atoms with Gasteiger partial charge in [0.1, 0.15) is 0 Å². The lowest BCUT2D eigenvalue weighted by atomic mass is 10.0. The van der Waals surface area contributed by atoms with Crippen LogP contribution >= 0.6 is 23.4 Å². The molecule has 0 saturated carbocycles. The van der Waals surface area contributed by atoms with E-state index in [9.17, 15) is 9.90 Å². The van der Waals surface area contributed by atoms with E-state index in [-0.39, 0.29) is 0 Å². The fourth-order valence-electron chi connectivity index (χ4n) is 1.80. The quantitative estimate of drug-likeness (QED) is 0.650. The molecule has 0 aromatic heterocycles. The number of aliphatic carboxylic acids is 1. The Kier molecular flexibility index (Phi) is 4.93. The molecule has 3 N–H and O–H groups in total. The van der Waals surface area contributed by atoms with E-state index in [0.29, 0.717) is 16.5 Å². The molecule has 0 aliphatic heterocycles. The van der Waals surface area contributed by atoms with Gasteiger partial charge in [0.2, 0.25) is 0 Å². The minimum Gasteiger partial charge on any atom is -0.481 e. The Bertz CT molecular complexity index is 604. The Morgan fingerprint density at radius 3 is 2.60 bits per heavy atom. The molecule has 0 heterocycles. The SMILES string of the molecule is Nc1ccc(Cl)c(SCC(C(=O)O)c2ccccc2)c1. The first-order valence-electron chi connectivity index (χ1n) is 6.03. The number of halogens is 1. The zero-order valence-corrected chi connectivity index (χ0v) is 12.2. The molecule has 0 amide bonds. The molecule has 0 aliphatic carbocycles. The van der Waals surface area contributed by atoms with Crippen molar-refractivity contribution < 1.29 is 9.90 Å². The van der Waals surface area contributed by atoms with E-state index in [1.807, 2.05) is 30.3 Å². The molecule has 0 spiro atoms. The van der Waals surface area contributed by atoms with Crippen molar-refractivity contribution in [3.8, 4) is 0 Å². The van der Waals surface area contributed by atoms with Crippen molar-refractivity contribution in [2.24, 2.45) is 0 Å². The molecule has 1 unspecified atom stereocenters. The van der Waals surface area contributed by atoms with Crippen molar-refractivity contribution in [3.05, 3.63) is 59.1 Å². The summed E-state index contributed by atoms with van der Waals surface area (Å²) in [7, 11) is 0. The first-order valence-corrected chi connectivity index (χ1v) is 7.40. The maximum absolute atomic E-state index is 11.4. The standard InChI is InChI=1S/C15H14ClNO2S/c16-13-7-6-11(17)8-14(13)20-9-12(15(18)19)10-4-2-1-3-5-10/h1-8,12H,9,17H2,(H,18,19). The number of rotatable bonds is 5. The number of carboxylic acid groups (broad SMARTS) is 1. The highest BCUT2D eigenvalue weighted by Gasteiger charge is 2.20. The number of benzene rings is 2. The number of nitrogens with two attached hydrogens (primary N) is 1. The molecule has 2 rings (SSSR count). The summed E-state index contributed by atoms with van der Waals surface area (Å²) in [6, 6.07) is 14.4. The van der Waals surface area contributed by atoms with E-state index in [4.69, 9.17) is 17.3 Å². The second-order valence-electron chi connectivity index (χ2n) is 4.30. The van der Waals surface area contributed by atoms with Crippen LogP contribution < -0.4 is 5.73 Å². The van der Waals surface area contributed by atoms with Crippen molar-refractivity contribution >= 4 is 35.0 Å². The maximum Gasteiger partial charge on any atom is 0.311 e. The number of carbonyl (C=O) groups is 1. The third-order valence-electron chi connectivity index (χ3n) is 2.86. The molecular formula is C15H14ClNO2S. The van der Waals surface area contributed by atoms with Gasteiger partial charge in [0, 0.05) is 16.3 Å². The van der Waals surface area contributed by atoms with Crippen molar-refractivity contribution in [3.63, 3.8) is 0 Å². The van der Waals surface area contributed by atoms with E-state index in [1.54, 1.807) is 18.2 Å². The van der Waals surface area contributed by atoms with E-state index in [1.165, 1.54) is 11.8 Å². The van der Waals surface area contributed by atoms with Crippen LogP contribution in [0.4, 0.5) is 5.69 Å². The van der Waals surface area contributed by atoms with Gasteiger partial charge in [0.05, 0.1) is 10.9 Å². The summed E-state index contributed by atoms with van der Waals surface area (Å²) in [4.78, 5) is 12.2. The molecule has 0 saturated heterocycles. The molecule has 3 nitrogen and oxygen atoms in total. The fourth-order valence-corrected chi connectivity index (χ4v) is 3.19. The molecule has 5 heteroatoms. The van der Waals surface area contributed by atoms with Gasteiger partial charge < -0.3 is 10.8 Å². The van der Waals surface area contributed by atoms with Crippen LogP contribution in [0.25, 0.3) is 0 Å². The number of hydrogen-bond donors (Lipinski definition) is 2. The Balaban J connectivity index is 2.14. The Hall–Kier alpha value is -1.65. The lowest BCUT2D eigenvalue weighted by Gasteiger charge is -2.13. The van der Waals surface area contributed by atoms with Crippen LogP contribution in [0.15, 0.2) is 53.4 Å². The number of thioether (sulfide) groups is 1. The van der Waals surface area contributed by atoms with Crippen molar-refractivity contribution in [1.29, 1.82) is 0 Å². The Morgan fingerprint density at radius 2 is 1.95 bits per heavy atom. The summed E-state index contributed by atoms with van der Waals surface area (Å²) >= 11 is 7.48. The summed E-state index contributed by atoms with van der Waals surface area (Å²) in [6.45, 7) is 0. The monoisotopic (exact) mass is 307 g/mol. The van der Waals surface area contributed by atoms with Gasteiger partial charge in [-0.2, -0.15) is 0 Å². The summed E-state index contributed by atoms with van der Waals surface area (Å²) in [6.07, 6.45) is 0. The zero-order valence-electron chi connectivity index (χ0n) is 10.6. The average molecular weight is 308 g/mol. The number of carboxylic acids is 1. The van der Waals surface area contributed by atoms with Crippen LogP contribution in [-0.4, -0.2) is 16.8 Å². The first kappa shape index (κ1) is 14.8. The second-order valence-corrected chi connectivity index (χ2v) is 5.77. The second kappa shape index (κ2) is 6.68. The Morgan fingerprint density at radius 1 is 1.25 bits per heavy atom. The summed E-state index contributed by atoms with van der Waals surface area (Å²) in [5.74, 6) is -1.01. The molecule has 1 atom stereocenters. The minimum absolute atomic E-state index is 0.405. The molecule has 0 aliphatic rings.